The summed E-state index contributed by atoms with van der Waals surface area (Å²) in [5, 5.41) is 11.6. The molecule has 4 heteroatoms. The van der Waals surface area contributed by atoms with Gasteiger partial charge in [-0.1, -0.05) is 18.5 Å². The van der Waals surface area contributed by atoms with Crippen molar-refractivity contribution < 1.29 is 9.94 Å². The van der Waals surface area contributed by atoms with Crippen LogP contribution in [0.4, 0.5) is 0 Å². The Bertz CT molecular complexity index is 428. The van der Waals surface area contributed by atoms with Crippen LogP contribution in [0.5, 0.6) is 5.75 Å². The van der Waals surface area contributed by atoms with E-state index in [2.05, 4.69) is 12.1 Å². The Morgan fingerprint density at radius 3 is 2.63 bits per heavy atom. The minimum absolute atomic E-state index is 0.121. The number of nitrogens with two attached hydrogens (primary N) is 1. The van der Waals surface area contributed by atoms with Crippen LogP contribution in [0.2, 0.25) is 0 Å². The molecule has 1 aromatic carbocycles. The molecule has 0 bridgehead atoms. The maximum absolute atomic E-state index is 8.62. The molecular formula is C15H22N2O2. The largest absolute Gasteiger partial charge is 0.490 e. The first-order chi connectivity index (χ1) is 9.24. The maximum Gasteiger partial charge on any atom is 0.170 e. The minimum atomic E-state index is 0.121. The summed E-state index contributed by atoms with van der Waals surface area (Å²) in [5.74, 6) is 1.65. The van der Waals surface area contributed by atoms with Gasteiger partial charge in [-0.3, -0.25) is 0 Å². The van der Waals surface area contributed by atoms with Gasteiger partial charge in [-0.25, -0.2) is 0 Å². The highest BCUT2D eigenvalue weighted by Gasteiger charge is 2.25. The Hall–Kier alpha value is -1.71. The van der Waals surface area contributed by atoms with E-state index in [1.54, 1.807) is 0 Å². The second-order valence-electron chi connectivity index (χ2n) is 5.12. The molecule has 1 fully saturated rings. The molecule has 1 saturated carbocycles. The summed E-state index contributed by atoms with van der Waals surface area (Å²) in [7, 11) is 0. The fourth-order valence-corrected chi connectivity index (χ4v) is 2.73. The van der Waals surface area contributed by atoms with Crippen molar-refractivity contribution in [1.82, 2.24) is 0 Å². The van der Waals surface area contributed by atoms with Crippen LogP contribution < -0.4 is 10.5 Å². The van der Waals surface area contributed by atoms with Crippen molar-refractivity contribution in [2.45, 2.75) is 45.1 Å². The van der Waals surface area contributed by atoms with Crippen LogP contribution >= 0.6 is 0 Å². The third kappa shape index (κ3) is 3.40. The topological polar surface area (TPSA) is 67.8 Å². The Labute approximate surface area is 114 Å². The van der Waals surface area contributed by atoms with E-state index in [9.17, 15) is 0 Å². The van der Waals surface area contributed by atoms with Gasteiger partial charge >= 0.3 is 0 Å². The van der Waals surface area contributed by atoms with E-state index in [0.717, 1.165) is 12.2 Å². The fourth-order valence-electron chi connectivity index (χ4n) is 2.73. The van der Waals surface area contributed by atoms with Gasteiger partial charge in [-0.15, -0.1) is 0 Å². The van der Waals surface area contributed by atoms with Crippen molar-refractivity contribution in [3.63, 3.8) is 0 Å². The second-order valence-corrected chi connectivity index (χ2v) is 5.12. The number of oxime groups is 1. The molecule has 2 rings (SSSR count). The molecule has 104 valence electrons. The Balaban J connectivity index is 2.02. The minimum Gasteiger partial charge on any atom is -0.490 e. The highest BCUT2D eigenvalue weighted by molar-refractivity contribution is 5.97. The van der Waals surface area contributed by atoms with Gasteiger partial charge in [-0.2, -0.15) is 0 Å². The van der Waals surface area contributed by atoms with Crippen molar-refractivity contribution in [1.29, 1.82) is 0 Å². The first-order valence-electron chi connectivity index (χ1n) is 6.99. The van der Waals surface area contributed by atoms with E-state index in [1.807, 2.05) is 24.3 Å². The summed E-state index contributed by atoms with van der Waals surface area (Å²) >= 11 is 0. The van der Waals surface area contributed by atoms with Crippen LogP contribution in [0.1, 0.15) is 44.6 Å². The lowest BCUT2D eigenvalue weighted by molar-refractivity contribution is 0.0904. The van der Waals surface area contributed by atoms with Gasteiger partial charge in [0, 0.05) is 5.56 Å². The SMILES string of the molecule is CCC1CCCCC1Oc1ccc(/C(N)=N/O)cc1. The first kappa shape index (κ1) is 13.7. The lowest BCUT2D eigenvalue weighted by Crippen LogP contribution is -2.29. The number of amidine groups is 1. The molecule has 0 aromatic heterocycles. The molecule has 0 saturated heterocycles. The summed E-state index contributed by atoms with van der Waals surface area (Å²) in [6, 6.07) is 7.39. The van der Waals surface area contributed by atoms with Gasteiger partial charge in [0.15, 0.2) is 5.84 Å². The van der Waals surface area contributed by atoms with Crippen molar-refractivity contribution in [3.05, 3.63) is 29.8 Å². The quantitative estimate of drug-likeness (QED) is 0.379. The zero-order valence-electron chi connectivity index (χ0n) is 11.4. The highest BCUT2D eigenvalue weighted by Crippen LogP contribution is 2.30. The summed E-state index contributed by atoms with van der Waals surface area (Å²) in [6.07, 6.45) is 6.48. The predicted octanol–water partition coefficient (Wildman–Crippen LogP) is 3.13. The smallest absolute Gasteiger partial charge is 0.170 e. The Morgan fingerprint density at radius 2 is 2.00 bits per heavy atom. The molecule has 1 aliphatic carbocycles. The molecule has 2 unspecified atom stereocenters. The molecule has 0 spiro atoms. The number of hydrogen-bond donors (Lipinski definition) is 2. The van der Waals surface area contributed by atoms with Gasteiger partial charge in [-0.05, 0) is 55.9 Å². The third-order valence-electron chi connectivity index (χ3n) is 3.91. The van der Waals surface area contributed by atoms with Gasteiger partial charge in [0.05, 0.1) is 0 Å². The van der Waals surface area contributed by atoms with Gasteiger partial charge in [0.25, 0.3) is 0 Å². The average molecular weight is 262 g/mol. The zero-order valence-corrected chi connectivity index (χ0v) is 11.4. The van der Waals surface area contributed by atoms with E-state index in [1.165, 1.54) is 25.7 Å². The number of hydrogen-bond acceptors (Lipinski definition) is 3. The molecule has 1 aliphatic rings. The van der Waals surface area contributed by atoms with Gasteiger partial charge in [0.2, 0.25) is 0 Å². The van der Waals surface area contributed by atoms with Gasteiger partial charge < -0.3 is 15.7 Å². The summed E-state index contributed by atoms with van der Waals surface area (Å²) in [5.41, 5.74) is 6.23. The van der Waals surface area contributed by atoms with E-state index in [-0.39, 0.29) is 5.84 Å². The monoisotopic (exact) mass is 262 g/mol. The Kier molecular flexibility index (Phi) is 4.66. The maximum atomic E-state index is 8.62. The molecule has 3 N–H and O–H groups in total. The third-order valence-corrected chi connectivity index (χ3v) is 3.91. The lowest BCUT2D eigenvalue weighted by atomic mass is 9.85. The molecular weight excluding hydrogens is 240 g/mol. The van der Waals surface area contributed by atoms with E-state index >= 15 is 0 Å². The molecule has 1 aromatic rings. The van der Waals surface area contributed by atoms with Crippen molar-refractivity contribution >= 4 is 5.84 Å². The first-order valence-corrected chi connectivity index (χ1v) is 6.99. The predicted molar refractivity (Wildman–Crippen MR) is 75.6 cm³/mol. The second kappa shape index (κ2) is 6.45. The van der Waals surface area contributed by atoms with Crippen molar-refractivity contribution in [2.75, 3.05) is 0 Å². The van der Waals surface area contributed by atoms with Crippen LogP contribution in [0.15, 0.2) is 29.4 Å². The highest BCUT2D eigenvalue weighted by atomic mass is 16.5. The molecule has 0 aliphatic heterocycles. The van der Waals surface area contributed by atoms with E-state index < -0.39 is 0 Å². The number of benzene rings is 1. The van der Waals surface area contributed by atoms with E-state index in [4.69, 9.17) is 15.7 Å². The number of ether oxygens (including phenoxy) is 1. The van der Waals surface area contributed by atoms with Crippen LogP contribution in [0.3, 0.4) is 0 Å². The molecule has 0 heterocycles. The summed E-state index contributed by atoms with van der Waals surface area (Å²) in [4.78, 5) is 0. The standard InChI is InChI=1S/C15H22N2O2/c1-2-11-5-3-4-6-14(11)19-13-9-7-12(8-10-13)15(16)17-18/h7-11,14,18H,2-6H2,1H3,(H2,16,17). The fraction of sp³-hybridized carbons (Fsp3) is 0.533. The lowest BCUT2D eigenvalue weighted by Gasteiger charge is -2.31. The van der Waals surface area contributed by atoms with Crippen LogP contribution in [0, 0.1) is 5.92 Å². The zero-order chi connectivity index (χ0) is 13.7. The Morgan fingerprint density at radius 1 is 1.32 bits per heavy atom. The van der Waals surface area contributed by atoms with Crippen LogP contribution in [-0.2, 0) is 0 Å². The van der Waals surface area contributed by atoms with Crippen LogP contribution in [-0.4, -0.2) is 17.1 Å². The van der Waals surface area contributed by atoms with Crippen molar-refractivity contribution in [3.8, 4) is 5.75 Å². The normalized spacial score (nSPS) is 24.2. The van der Waals surface area contributed by atoms with Crippen molar-refractivity contribution in [2.24, 2.45) is 16.8 Å². The molecule has 0 radical (unpaired) electrons. The summed E-state index contributed by atoms with van der Waals surface area (Å²) in [6.45, 7) is 2.23. The summed E-state index contributed by atoms with van der Waals surface area (Å²) < 4.78 is 6.08. The number of rotatable bonds is 4. The van der Waals surface area contributed by atoms with Crippen LogP contribution in [0.25, 0.3) is 0 Å². The molecule has 19 heavy (non-hydrogen) atoms. The van der Waals surface area contributed by atoms with E-state index in [0.29, 0.717) is 17.6 Å². The molecule has 4 nitrogen and oxygen atoms in total. The average Bonchev–Trinajstić information content (AvgIpc) is 2.48. The molecule has 0 amide bonds. The van der Waals surface area contributed by atoms with Gasteiger partial charge in [0.1, 0.15) is 11.9 Å². The molecule has 2 atom stereocenters. The number of nitrogens with zero attached hydrogens (tertiary/aromatic N) is 1.